The van der Waals surface area contributed by atoms with Crippen LogP contribution in [0.3, 0.4) is 0 Å². The molecule has 0 heterocycles. The van der Waals surface area contributed by atoms with Gasteiger partial charge in [0.15, 0.2) is 9.84 Å². The molecule has 0 radical (unpaired) electrons. The van der Waals surface area contributed by atoms with E-state index < -0.39 is 25.8 Å². The van der Waals surface area contributed by atoms with Crippen LogP contribution in [-0.4, -0.2) is 60.7 Å². The summed E-state index contributed by atoms with van der Waals surface area (Å²) < 4.78 is 59.0. The lowest BCUT2D eigenvalue weighted by atomic mass is 10.2. The number of esters is 1. The first-order chi connectivity index (χ1) is 13.0. The average molecular weight is 428 g/mol. The Labute approximate surface area is 164 Å². The van der Waals surface area contributed by atoms with Gasteiger partial charge in [0, 0.05) is 20.4 Å². The first kappa shape index (κ1) is 21.9. The Hall–Kier alpha value is -2.43. The van der Waals surface area contributed by atoms with Crippen LogP contribution in [0.5, 0.6) is 5.75 Å². The average Bonchev–Trinajstić information content (AvgIpc) is 2.64. The second-order valence-corrected chi connectivity index (χ2v) is 10.1. The molecule has 0 amide bonds. The van der Waals surface area contributed by atoms with Crippen LogP contribution in [0.2, 0.25) is 0 Å². The fraction of sp³-hybridized carbons (Fsp3) is 0.278. The van der Waals surface area contributed by atoms with Gasteiger partial charge in [-0.1, -0.05) is 12.1 Å². The fourth-order valence-corrected chi connectivity index (χ4v) is 4.03. The van der Waals surface area contributed by atoms with E-state index in [4.69, 9.17) is 9.47 Å². The Morgan fingerprint density at radius 1 is 0.929 bits per heavy atom. The van der Waals surface area contributed by atoms with Crippen LogP contribution in [0.1, 0.15) is 10.4 Å². The second kappa shape index (κ2) is 8.72. The van der Waals surface area contributed by atoms with Crippen LogP contribution >= 0.6 is 0 Å². The molecule has 0 aromatic heterocycles. The molecule has 0 saturated heterocycles. The highest BCUT2D eigenvalue weighted by Crippen LogP contribution is 2.19. The van der Waals surface area contributed by atoms with Gasteiger partial charge in [-0.05, 0) is 36.4 Å². The molecule has 0 spiro atoms. The van der Waals surface area contributed by atoms with Crippen molar-refractivity contribution < 1.29 is 31.1 Å². The van der Waals surface area contributed by atoms with Crippen molar-refractivity contribution in [3.05, 3.63) is 54.1 Å². The highest BCUT2D eigenvalue weighted by Gasteiger charge is 2.19. The predicted octanol–water partition coefficient (Wildman–Crippen LogP) is 1.58. The summed E-state index contributed by atoms with van der Waals surface area (Å²) in [5.41, 5.74) is -0.0387. The number of hydrogen-bond donors (Lipinski definition) is 0. The number of carbonyl (C=O) groups is 1. The van der Waals surface area contributed by atoms with Gasteiger partial charge in [0.25, 0.3) is 0 Å². The number of carbonyl (C=O) groups excluding carboxylic acids is 1. The van der Waals surface area contributed by atoms with E-state index in [2.05, 4.69) is 0 Å². The van der Waals surface area contributed by atoms with E-state index in [0.29, 0.717) is 5.75 Å². The van der Waals surface area contributed by atoms with Gasteiger partial charge in [-0.3, -0.25) is 0 Å². The molecule has 2 rings (SSSR count). The molecular formula is C18H21NO7S2. The van der Waals surface area contributed by atoms with Crippen molar-refractivity contribution in [3.8, 4) is 5.75 Å². The van der Waals surface area contributed by atoms with Gasteiger partial charge in [-0.15, -0.1) is 0 Å². The number of rotatable bonds is 8. The SMILES string of the molecule is CN(C)S(=O)(=O)c1ccc(OCCOC(=O)c2ccccc2S(C)(=O)=O)cc1. The Kier molecular flexibility index (Phi) is 6.81. The minimum atomic E-state index is -3.56. The van der Waals surface area contributed by atoms with Gasteiger partial charge in [0.05, 0.1) is 15.4 Å². The molecule has 152 valence electrons. The van der Waals surface area contributed by atoms with Gasteiger partial charge < -0.3 is 9.47 Å². The minimum absolute atomic E-state index is 0.0204. The monoisotopic (exact) mass is 427 g/mol. The summed E-state index contributed by atoms with van der Waals surface area (Å²) in [6.07, 6.45) is 1.02. The van der Waals surface area contributed by atoms with E-state index >= 15 is 0 Å². The molecule has 0 aliphatic rings. The number of benzene rings is 2. The molecule has 2 aromatic rings. The smallest absolute Gasteiger partial charge is 0.339 e. The van der Waals surface area contributed by atoms with Crippen molar-refractivity contribution in [2.24, 2.45) is 0 Å². The van der Waals surface area contributed by atoms with E-state index in [1.807, 2.05) is 0 Å². The van der Waals surface area contributed by atoms with E-state index in [1.54, 1.807) is 6.07 Å². The summed E-state index contributed by atoms with van der Waals surface area (Å²) in [6.45, 7) is -0.0821. The zero-order chi connectivity index (χ0) is 20.9. The van der Waals surface area contributed by atoms with Crippen LogP contribution < -0.4 is 4.74 Å². The van der Waals surface area contributed by atoms with E-state index in [-0.39, 0.29) is 28.6 Å². The highest BCUT2D eigenvalue weighted by atomic mass is 32.2. The van der Waals surface area contributed by atoms with Crippen LogP contribution in [0, 0.1) is 0 Å². The van der Waals surface area contributed by atoms with Gasteiger partial charge in [-0.2, -0.15) is 0 Å². The summed E-state index contributed by atoms with van der Waals surface area (Å²) in [5.74, 6) is -0.359. The zero-order valence-corrected chi connectivity index (χ0v) is 17.3. The van der Waals surface area contributed by atoms with Crippen LogP contribution in [-0.2, 0) is 24.6 Å². The third kappa shape index (κ3) is 5.31. The lowest BCUT2D eigenvalue weighted by molar-refractivity contribution is 0.0446. The van der Waals surface area contributed by atoms with Crippen molar-refractivity contribution in [3.63, 3.8) is 0 Å². The van der Waals surface area contributed by atoms with Gasteiger partial charge >= 0.3 is 5.97 Å². The van der Waals surface area contributed by atoms with Crippen molar-refractivity contribution in [2.45, 2.75) is 9.79 Å². The molecule has 0 saturated carbocycles. The Balaban J connectivity index is 1.93. The Morgan fingerprint density at radius 2 is 1.54 bits per heavy atom. The van der Waals surface area contributed by atoms with Gasteiger partial charge in [0.2, 0.25) is 10.0 Å². The van der Waals surface area contributed by atoms with Crippen molar-refractivity contribution >= 4 is 25.8 Å². The second-order valence-electron chi connectivity index (χ2n) is 6.01. The molecule has 2 aromatic carbocycles. The standard InChI is InChI=1S/C18H21NO7S2/c1-19(2)28(23,24)15-10-8-14(9-11-15)25-12-13-26-18(20)16-6-4-5-7-17(16)27(3,21)22/h4-11H,12-13H2,1-3H3. The number of sulfone groups is 1. The molecule has 0 atom stereocenters. The summed E-state index contributed by atoms with van der Waals surface area (Å²) in [4.78, 5) is 12.2. The largest absolute Gasteiger partial charge is 0.490 e. The van der Waals surface area contributed by atoms with Crippen molar-refractivity contribution in [1.82, 2.24) is 4.31 Å². The molecule has 0 fully saturated rings. The van der Waals surface area contributed by atoms with E-state index in [0.717, 1.165) is 10.6 Å². The molecule has 0 N–H and O–H groups in total. The molecule has 10 heteroatoms. The predicted molar refractivity (Wildman–Crippen MR) is 103 cm³/mol. The number of ether oxygens (including phenoxy) is 2. The topological polar surface area (TPSA) is 107 Å². The van der Waals surface area contributed by atoms with Gasteiger partial charge in [-0.25, -0.2) is 25.9 Å². The maximum Gasteiger partial charge on any atom is 0.339 e. The highest BCUT2D eigenvalue weighted by molar-refractivity contribution is 7.90. The lowest BCUT2D eigenvalue weighted by Gasteiger charge is -2.12. The van der Waals surface area contributed by atoms with E-state index in [1.165, 1.54) is 56.6 Å². The van der Waals surface area contributed by atoms with Crippen molar-refractivity contribution in [1.29, 1.82) is 0 Å². The number of sulfonamides is 1. The minimum Gasteiger partial charge on any atom is -0.490 e. The zero-order valence-electron chi connectivity index (χ0n) is 15.7. The van der Waals surface area contributed by atoms with E-state index in [9.17, 15) is 21.6 Å². The normalized spacial score (nSPS) is 12.0. The maximum atomic E-state index is 12.1. The lowest BCUT2D eigenvalue weighted by Crippen LogP contribution is -2.22. The Bertz CT molecular complexity index is 1040. The van der Waals surface area contributed by atoms with Crippen LogP contribution in [0.4, 0.5) is 0 Å². The maximum absolute atomic E-state index is 12.1. The molecule has 0 aliphatic carbocycles. The number of hydrogen-bond acceptors (Lipinski definition) is 7. The molecule has 0 bridgehead atoms. The Morgan fingerprint density at radius 3 is 2.11 bits per heavy atom. The molecule has 0 unspecified atom stereocenters. The van der Waals surface area contributed by atoms with Crippen molar-refractivity contribution in [2.75, 3.05) is 33.6 Å². The molecule has 0 aliphatic heterocycles. The summed E-state index contributed by atoms with van der Waals surface area (Å²) >= 11 is 0. The first-order valence-electron chi connectivity index (χ1n) is 8.15. The fourth-order valence-electron chi connectivity index (χ4n) is 2.25. The first-order valence-corrected chi connectivity index (χ1v) is 11.5. The summed E-state index contributed by atoms with van der Waals surface area (Å²) in [6, 6.07) is 11.6. The molecule has 28 heavy (non-hydrogen) atoms. The third-order valence-corrected chi connectivity index (χ3v) is 6.68. The summed E-state index contributed by atoms with van der Waals surface area (Å²) in [7, 11) is -4.20. The van der Waals surface area contributed by atoms with Crippen LogP contribution in [0.15, 0.2) is 58.3 Å². The molecule has 8 nitrogen and oxygen atoms in total. The van der Waals surface area contributed by atoms with Crippen LogP contribution in [0.25, 0.3) is 0 Å². The number of nitrogens with zero attached hydrogens (tertiary/aromatic N) is 1. The summed E-state index contributed by atoms with van der Waals surface area (Å²) in [5, 5.41) is 0. The molecular weight excluding hydrogens is 406 g/mol. The van der Waals surface area contributed by atoms with Gasteiger partial charge in [0.1, 0.15) is 19.0 Å². The quantitative estimate of drug-likeness (QED) is 0.465. The third-order valence-electron chi connectivity index (χ3n) is 3.69.